The lowest BCUT2D eigenvalue weighted by Crippen LogP contribution is -2.25. The minimum atomic E-state index is -4.48. The van der Waals surface area contributed by atoms with E-state index in [4.69, 9.17) is 14.6 Å². The zero-order valence-corrected chi connectivity index (χ0v) is 26.8. The number of carboxylic acids is 1. The molecule has 0 saturated heterocycles. The molecule has 0 saturated carbocycles. The van der Waals surface area contributed by atoms with Gasteiger partial charge in [-0.15, -0.1) is 0 Å². The summed E-state index contributed by atoms with van der Waals surface area (Å²) in [6, 6.07) is 16.5. The maximum atomic E-state index is 13.7. The van der Waals surface area contributed by atoms with Crippen LogP contribution < -0.4 is 9.64 Å². The minimum absolute atomic E-state index is 0.0190. The van der Waals surface area contributed by atoms with E-state index >= 15 is 0 Å². The van der Waals surface area contributed by atoms with Crippen molar-refractivity contribution in [3.8, 4) is 16.9 Å². The number of aliphatic carboxylic acids is 1. The number of alkyl halides is 3. The molecule has 1 heterocycles. The van der Waals surface area contributed by atoms with E-state index in [0.29, 0.717) is 42.4 Å². The number of aryl methyl sites for hydroxylation is 3. The molecule has 1 N–H and O–H groups in total. The smallest absolute Gasteiger partial charge is 0.416 e. The van der Waals surface area contributed by atoms with Crippen LogP contribution in [0.25, 0.3) is 11.1 Å². The first-order chi connectivity index (χ1) is 21.8. The normalized spacial score (nSPS) is 12.2. The first-order valence-electron chi connectivity index (χ1n) is 15.3. The number of benzene rings is 3. The summed E-state index contributed by atoms with van der Waals surface area (Å²) in [4.78, 5) is 21.7. The van der Waals surface area contributed by atoms with Gasteiger partial charge in [-0.2, -0.15) is 13.2 Å². The van der Waals surface area contributed by atoms with Crippen molar-refractivity contribution in [2.75, 3.05) is 18.1 Å². The second kappa shape index (κ2) is 15.2. The van der Waals surface area contributed by atoms with Gasteiger partial charge in [0.05, 0.1) is 30.7 Å². The molecule has 244 valence electrons. The van der Waals surface area contributed by atoms with Crippen LogP contribution in [0.4, 0.5) is 19.1 Å². The Morgan fingerprint density at radius 2 is 1.67 bits per heavy atom. The highest BCUT2D eigenvalue weighted by Gasteiger charge is 2.31. The first-order valence-corrected chi connectivity index (χ1v) is 15.3. The molecule has 7 nitrogen and oxygen atoms in total. The van der Waals surface area contributed by atoms with Gasteiger partial charge in [-0.1, -0.05) is 47.5 Å². The van der Waals surface area contributed by atoms with Crippen LogP contribution in [0.1, 0.15) is 71.7 Å². The number of anilines is 1. The summed E-state index contributed by atoms with van der Waals surface area (Å²) in [7, 11) is 0. The molecule has 0 aliphatic heterocycles. The van der Waals surface area contributed by atoms with Crippen molar-refractivity contribution in [1.29, 1.82) is 0 Å². The summed E-state index contributed by atoms with van der Waals surface area (Å²) >= 11 is 0. The molecule has 1 atom stereocenters. The molecule has 0 radical (unpaired) electrons. The highest BCUT2D eigenvalue weighted by molar-refractivity contribution is 5.72. The maximum absolute atomic E-state index is 13.7. The van der Waals surface area contributed by atoms with Crippen LogP contribution in [0.5, 0.6) is 5.75 Å². The largest absolute Gasteiger partial charge is 0.490 e. The number of carbonyl (C=O) groups is 1. The number of aromatic nitrogens is 2. The van der Waals surface area contributed by atoms with Crippen LogP contribution in [0.2, 0.25) is 0 Å². The fraction of sp³-hybridized carbons (Fsp3) is 0.361. The summed E-state index contributed by atoms with van der Waals surface area (Å²) in [5, 5.41) is 8.86. The molecular weight excluding hydrogens is 595 g/mol. The van der Waals surface area contributed by atoms with Gasteiger partial charge in [0.1, 0.15) is 0 Å². The Labute approximate surface area is 268 Å². The summed E-state index contributed by atoms with van der Waals surface area (Å²) in [5.41, 5.74) is 6.44. The van der Waals surface area contributed by atoms with Gasteiger partial charge in [-0.3, -0.25) is 4.79 Å². The predicted octanol–water partition coefficient (Wildman–Crippen LogP) is 8.64. The Balaban J connectivity index is 1.73. The average molecular weight is 636 g/mol. The SMILES string of the molecule is CCOC(C)c1ccc(C)c(-c2ccc(C)cc2CN(Cc2cc(C)cc(C(F)(F)F)c2)c2ncc(OCCCC(=O)O)cn2)c1. The van der Waals surface area contributed by atoms with Gasteiger partial charge >= 0.3 is 12.1 Å². The molecule has 0 bridgehead atoms. The molecule has 46 heavy (non-hydrogen) atoms. The van der Waals surface area contributed by atoms with Crippen molar-refractivity contribution in [1.82, 2.24) is 9.97 Å². The second-order valence-electron chi connectivity index (χ2n) is 11.5. The molecular formula is C36H40F3N3O4. The number of halogens is 3. The lowest BCUT2D eigenvalue weighted by molar-refractivity contribution is -0.138. The number of ether oxygens (including phenoxy) is 2. The van der Waals surface area contributed by atoms with E-state index in [0.717, 1.165) is 39.4 Å². The van der Waals surface area contributed by atoms with Crippen molar-refractivity contribution >= 4 is 11.9 Å². The zero-order chi connectivity index (χ0) is 33.4. The highest BCUT2D eigenvalue weighted by atomic mass is 19.4. The van der Waals surface area contributed by atoms with Crippen molar-refractivity contribution in [3.63, 3.8) is 0 Å². The van der Waals surface area contributed by atoms with Crippen molar-refractivity contribution in [2.45, 2.75) is 72.8 Å². The number of rotatable bonds is 14. The average Bonchev–Trinajstić information content (AvgIpc) is 2.99. The second-order valence-corrected chi connectivity index (χ2v) is 11.5. The van der Waals surface area contributed by atoms with E-state index in [9.17, 15) is 18.0 Å². The van der Waals surface area contributed by atoms with Gasteiger partial charge in [0.2, 0.25) is 5.95 Å². The molecule has 0 fully saturated rings. The monoisotopic (exact) mass is 635 g/mol. The van der Waals surface area contributed by atoms with Gasteiger partial charge in [0.15, 0.2) is 5.75 Å². The lowest BCUT2D eigenvalue weighted by Gasteiger charge is -2.26. The predicted molar refractivity (Wildman–Crippen MR) is 172 cm³/mol. The van der Waals surface area contributed by atoms with Crippen LogP contribution in [0, 0.1) is 20.8 Å². The van der Waals surface area contributed by atoms with Gasteiger partial charge in [0.25, 0.3) is 0 Å². The number of hydrogen-bond donors (Lipinski definition) is 1. The maximum Gasteiger partial charge on any atom is 0.416 e. The lowest BCUT2D eigenvalue weighted by atomic mass is 9.92. The first kappa shape index (κ1) is 34.4. The summed E-state index contributed by atoms with van der Waals surface area (Å²) in [5.74, 6) is -0.219. The van der Waals surface area contributed by atoms with Crippen LogP contribution in [-0.4, -0.2) is 34.3 Å². The Morgan fingerprint density at radius 1 is 0.935 bits per heavy atom. The van der Waals surface area contributed by atoms with Crippen LogP contribution in [0.3, 0.4) is 0 Å². The number of nitrogens with zero attached hydrogens (tertiary/aromatic N) is 3. The summed E-state index contributed by atoms with van der Waals surface area (Å²) < 4.78 is 52.7. The zero-order valence-electron chi connectivity index (χ0n) is 26.8. The summed E-state index contributed by atoms with van der Waals surface area (Å²) in [6.07, 6.45) is -1.27. The van der Waals surface area contributed by atoms with Gasteiger partial charge in [0, 0.05) is 26.1 Å². The molecule has 0 spiro atoms. The van der Waals surface area contributed by atoms with E-state index < -0.39 is 17.7 Å². The fourth-order valence-corrected chi connectivity index (χ4v) is 5.35. The van der Waals surface area contributed by atoms with E-state index in [1.807, 2.05) is 31.7 Å². The molecule has 4 rings (SSSR count). The Kier molecular flexibility index (Phi) is 11.4. The number of carboxylic acid groups (broad SMARTS) is 1. The molecule has 0 aliphatic rings. The van der Waals surface area contributed by atoms with Crippen LogP contribution in [0.15, 0.2) is 67.0 Å². The standard InChI is InChI=1S/C36H40F3N3O4/c1-6-45-26(5)28-11-10-25(4)33(18-28)32-12-9-23(2)15-29(32)22-42(21-27-14-24(3)16-30(17-27)36(37,38)39)35-40-19-31(20-41-35)46-13-7-8-34(43)44/h9-12,14-20,26H,6-8,13,21-22H2,1-5H3,(H,43,44). The van der Waals surface area contributed by atoms with E-state index in [1.54, 1.807) is 13.0 Å². The molecule has 3 aromatic carbocycles. The molecule has 0 aliphatic carbocycles. The Bertz CT molecular complexity index is 1640. The third kappa shape index (κ3) is 9.29. The van der Waals surface area contributed by atoms with Crippen LogP contribution >= 0.6 is 0 Å². The van der Waals surface area contributed by atoms with Gasteiger partial charge in [-0.25, -0.2) is 9.97 Å². The third-order valence-electron chi connectivity index (χ3n) is 7.60. The fourth-order valence-electron chi connectivity index (χ4n) is 5.35. The van der Waals surface area contributed by atoms with Crippen molar-refractivity contribution < 1.29 is 32.5 Å². The topological polar surface area (TPSA) is 84.8 Å². The van der Waals surface area contributed by atoms with Gasteiger partial charge in [-0.05, 0) is 92.6 Å². The minimum Gasteiger partial charge on any atom is -0.490 e. The Hall–Kier alpha value is -4.44. The van der Waals surface area contributed by atoms with E-state index in [1.165, 1.54) is 18.5 Å². The molecule has 1 unspecified atom stereocenters. The van der Waals surface area contributed by atoms with E-state index in [2.05, 4.69) is 47.2 Å². The summed E-state index contributed by atoms with van der Waals surface area (Å²) in [6.45, 7) is 10.9. The molecule has 0 amide bonds. The van der Waals surface area contributed by atoms with E-state index in [-0.39, 0.29) is 25.7 Å². The highest BCUT2D eigenvalue weighted by Crippen LogP contribution is 2.34. The molecule has 1 aromatic heterocycles. The molecule has 4 aromatic rings. The quantitative estimate of drug-likeness (QED) is 0.139. The third-order valence-corrected chi connectivity index (χ3v) is 7.60. The van der Waals surface area contributed by atoms with Gasteiger partial charge < -0.3 is 19.5 Å². The number of hydrogen-bond acceptors (Lipinski definition) is 6. The van der Waals surface area contributed by atoms with Crippen molar-refractivity contribution in [3.05, 3.63) is 106 Å². The molecule has 10 heteroatoms. The van der Waals surface area contributed by atoms with Crippen LogP contribution in [-0.2, 0) is 28.8 Å². The Morgan fingerprint density at radius 3 is 2.35 bits per heavy atom. The van der Waals surface area contributed by atoms with Crippen molar-refractivity contribution in [2.24, 2.45) is 0 Å².